The van der Waals surface area contributed by atoms with Crippen molar-refractivity contribution in [3.63, 3.8) is 0 Å². The van der Waals surface area contributed by atoms with Crippen LogP contribution < -0.4 is 30.1 Å². The fourth-order valence-corrected chi connectivity index (χ4v) is 4.92. The van der Waals surface area contributed by atoms with E-state index in [4.69, 9.17) is 9.84 Å². The van der Waals surface area contributed by atoms with Gasteiger partial charge in [-0.05, 0) is 73.0 Å². The van der Waals surface area contributed by atoms with E-state index in [0.29, 0.717) is 28.4 Å². The number of amides is 5. The molecular weight excluding hydrogens is 626 g/mol. The molecule has 4 rings (SSSR count). The fraction of sp³-hybridized carbons (Fsp3) is 0.216. The van der Waals surface area contributed by atoms with E-state index in [1.807, 2.05) is 38.1 Å². The number of anilines is 4. The van der Waals surface area contributed by atoms with Gasteiger partial charge >= 0.3 is 12.0 Å². The molecule has 12 heteroatoms. The van der Waals surface area contributed by atoms with Gasteiger partial charge in [-0.3, -0.25) is 19.2 Å². The summed E-state index contributed by atoms with van der Waals surface area (Å²) >= 11 is 0. The standard InChI is InChI=1S/C37H39N5O7/c1-25-16-17-26(2)32(18-25)41(4)35(45)24-49-31-15-9-14-30(21-31)42(23-34(44)40(3)29-12-6-5-7-13-29)33(43)22-38-37(48)39-28-11-8-10-27(19-28)20-36(46)47/h5-19,21H,20,22-24H2,1-4H3,(H,46,47)(H2,38,39,48). The number of aliphatic carboxylic acids is 1. The number of nitrogens with zero attached hydrogens (tertiary/aromatic N) is 3. The van der Waals surface area contributed by atoms with E-state index < -0.39 is 30.4 Å². The number of hydrogen-bond acceptors (Lipinski definition) is 6. The Labute approximate surface area is 284 Å². The van der Waals surface area contributed by atoms with Crippen LogP contribution in [0.1, 0.15) is 16.7 Å². The van der Waals surface area contributed by atoms with Crippen molar-refractivity contribution in [1.82, 2.24) is 5.32 Å². The zero-order chi connectivity index (χ0) is 35.5. The van der Waals surface area contributed by atoms with Crippen LogP contribution in [-0.2, 0) is 25.6 Å². The van der Waals surface area contributed by atoms with Crippen LogP contribution in [0.2, 0.25) is 0 Å². The van der Waals surface area contributed by atoms with Gasteiger partial charge in [0.25, 0.3) is 5.91 Å². The van der Waals surface area contributed by atoms with Gasteiger partial charge in [-0.2, -0.15) is 0 Å². The second-order valence-corrected chi connectivity index (χ2v) is 11.4. The highest BCUT2D eigenvalue weighted by Crippen LogP contribution is 2.24. The van der Waals surface area contributed by atoms with Crippen LogP contribution in [0.25, 0.3) is 0 Å². The van der Waals surface area contributed by atoms with Crippen molar-refractivity contribution in [1.29, 1.82) is 0 Å². The Balaban J connectivity index is 1.48. The molecule has 0 spiro atoms. The number of hydrogen-bond donors (Lipinski definition) is 3. The van der Waals surface area contributed by atoms with Crippen molar-refractivity contribution in [2.75, 3.05) is 53.8 Å². The molecule has 0 fully saturated rings. The maximum absolute atomic E-state index is 13.6. The average molecular weight is 666 g/mol. The number of carboxylic acid groups (broad SMARTS) is 1. The molecule has 0 bridgehead atoms. The molecule has 0 saturated heterocycles. The molecule has 4 aromatic carbocycles. The molecule has 49 heavy (non-hydrogen) atoms. The van der Waals surface area contributed by atoms with Gasteiger partial charge in [-0.1, -0.05) is 48.5 Å². The minimum atomic E-state index is -1.01. The Hall–Kier alpha value is -6.17. The summed E-state index contributed by atoms with van der Waals surface area (Å²) in [5.41, 5.74) is 4.52. The van der Waals surface area contributed by atoms with E-state index in [2.05, 4.69) is 10.6 Å². The number of carbonyl (C=O) groups is 5. The summed E-state index contributed by atoms with van der Waals surface area (Å²) in [6.45, 7) is 2.77. The topological polar surface area (TPSA) is 149 Å². The van der Waals surface area contributed by atoms with Crippen LogP contribution in [0.3, 0.4) is 0 Å². The first-order valence-corrected chi connectivity index (χ1v) is 15.5. The van der Waals surface area contributed by atoms with Crippen molar-refractivity contribution >= 4 is 52.5 Å². The molecule has 0 aliphatic carbocycles. The summed E-state index contributed by atoms with van der Waals surface area (Å²) in [6, 6.07) is 26.9. The van der Waals surface area contributed by atoms with Gasteiger partial charge in [0.05, 0.1) is 13.0 Å². The third kappa shape index (κ3) is 10.2. The van der Waals surface area contributed by atoms with Crippen LogP contribution in [0.15, 0.2) is 97.1 Å². The van der Waals surface area contributed by atoms with Crippen LogP contribution in [0.5, 0.6) is 5.75 Å². The molecule has 4 aromatic rings. The summed E-state index contributed by atoms with van der Waals surface area (Å²) < 4.78 is 5.83. The maximum Gasteiger partial charge on any atom is 0.319 e. The van der Waals surface area contributed by atoms with Crippen molar-refractivity contribution in [2.45, 2.75) is 20.3 Å². The van der Waals surface area contributed by atoms with E-state index in [1.165, 1.54) is 20.8 Å². The predicted octanol–water partition coefficient (Wildman–Crippen LogP) is 4.79. The number of rotatable bonds is 13. The third-order valence-electron chi connectivity index (χ3n) is 7.64. The summed E-state index contributed by atoms with van der Waals surface area (Å²) in [4.78, 5) is 67.9. The predicted molar refractivity (Wildman–Crippen MR) is 188 cm³/mol. The molecule has 0 aliphatic rings. The lowest BCUT2D eigenvalue weighted by molar-refractivity contribution is -0.136. The number of urea groups is 1. The molecule has 3 N–H and O–H groups in total. The largest absolute Gasteiger partial charge is 0.484 e. The number of nitrogens with one attached hydrogen (secondary N) is 2. The normalized spacial score (nSPS) is 10.4. The monoisotopic (exact) mass is 665 g/mol. The van der Waals surface area contributed by atoms with Crippen LogP contribution in [0, 0.1) is 13.8 Å². The molecule has 0 radical (unpaired) electrons. The Morgan fingerprint density at radius 3 is 2.18 bits per heavy atom. The lowest BCUT2D eigenvalue weighted by Crippen LogP contribution is -2.46. The van der Waals surface area contributed by atoms with Crippen molar-refractivity contribution in [3.05, 3.63) is 114 Å². The van der Waals surface area contributed by atoms with Crippen LogP contribution in [0.4, 0.5) is 27.5 Å². The number of aryl methyl sites for hydroxylation is 2. The smallest absolute Gasteiger partial charge is 0.319 e. The van der Waals surface area contributed by atoms with Crippen LogP contribution >= 0.6 is 0 Å². The first-order valence-electron chi connectivity index (χ1n) is 15.5. The number of carboxylic acids is 1. The first kappa shape index (κ1) is 35.7. The molecule has 0 heterocycles. The first-order chi connectivity index (χ1) is 23.4. The van der Waals surface area contributed by atoms with E-state index in [-0.39, 0.29) is 25.5 Å². The summed E-state index contributed by atoms with van der Waals surface area (Å²) in [5.74, 6) is -1.97. The van der Waals surface area contributed by atoms with E-state index in [1.54, 1.807) is 80.8 Å². The number of para-hydroxylation sites is 1. The summed E-state index contributed by atoms with van der Waals surface area (Å²) in [7, 11) is 3.27. The van der Waals surface area contributed by atoms with Gasteiger partial charge in [-0.15, -0.1) is 0 Å². The van der Waals surface area contributed by atoms with Crippen LogP contribution in [-0.4, -0.2) is 68.6 Å². The van der Waals surface area contributed by atoms with E-state index in [0.717, 1.165) is 16.8 Å². The molecule has 0 unspecified atom stereocenters. The Kier molecular flexibility index (Phi) is 12.1. The number of ether oxygens (including phenoxy) is 1. The summed E-state index contributed by atoms with van der Waals surface area (Å²) in [6.07, 6.45) is -0.212. The van der Waals surface area contributed by atoms with Crippen molar-refractivity contribution in [3.8, 4) is 5.75 Å². The summed E-state index contributed by atoms with van der Waals surface area (Å²) in [5, 5.41) is 14.1. The lowest BCUT2D eigenvalue weighted by Gasteiger charge is -2.26. The highest BCUT2D eigenvalue weighted by Gasteiger charge is 2.23. The fourth-order valence-electron chi connectivity index (χ4n) is 4.92. The number of carbonyl (C=O) groups excluding carboxylic acids is 4. The second kappa shape index (κ2) is 16.6. The maximum atomic E-state index is 13.6. The Morgan fingerprint density at radius 2 is 1.45 bits per heavy atom. The molecule has 0 aromatic heterocycles. The molecule has 254 valence electrons. The molecule has 5 amide bonds. The molecular formula is C37H39N5O7. The minimum Gasteiger partial charge on any atom is -0.484 e. The van der Waals surface area contributed by atoms with Gasteiger partial charge < -0.3 is 35.2 Å². The zero-order valence-electron chi connectivity index (χ0n) is 27.8. The SMILES string of the molecule is Cc1ccc(C)c(N(C)C(=O)COc2cccc(N(CC(=O)N(C)c3ccccc3)C(=O)CNC(=O)Nc3cccc(CC(=O)O)c3)c2)c1. The third-order valence-corrected chi connectivity index (χ3v) is 7.64. The Bertz CT molecular complexity index is 1830. The van der Waals surface area contributed by atoms with Crippen molar-refractivity contribution < 1.29 is 33.8 Å². The van der Waals surface area contributed by atoms with E-state index in [9.17, 15) is 24.0 Å². The molecule has 0 aliphatic heterocycles. The van der Waals surface area contributed by atoms with E-state index >= 15 is 0 Å². The average Bonchev–Trinajstić information content (AvgIpc) is 3.09. The number of benzene rings is 4. The zero-order valence-corrected chi connectivity index (χ0v) is 27.8. The van der Waals surface area contributed by atoms with Gasteiger partial charge in [0, 0.05) is 42.9 Å². The van der Waals surface area contributed by atoms with Crippen molar-refractivity contribution in [2.24, 2.45) is 0 Å². The van der Waals surface area contributed by atoms with Gasteiger partial charge in [0.2, 0.25) is 11.8 Å². The van der Waals surface area contributed by atoms with Gasteiger partial charge in [0.1, 0.15) is 12.3 Å². The number of likely N-dealkylation sites (N-methyl/N-ethyl adjacent to an activating group) is 2. The minimum absolute atomic E-state index is 0.212. The molecule has 0 saturated carbocycles. The molecule has 12 nitrogen and oxygen atoms in total. The quantitative estimate of drug-likeness (QED) is 0.186. The Morgan fingerprint density at radius 1 is 0.735 bits per heavy atom. The van der Waals surface area contributed by atoms with Gasteiger partial charge in [-0.25, -0.2) is 4.79 Å². The van der Waals surface area contributed by atoms with Gasteiger partial charge in [0.15, 0.2) is 6.61 Å². The molecule has 0 atom stereocenters. The highest BCUT2D eigenvalue weighted by atomic mass is 16.5. The highest BCUT2D eigenvalue weighted by molar-refractivity contribution is 6.05. The lowest BCUT2D eigenvalue weighted by atomic mass is 10.1. The second-order valence-electron chi connectivity index (χ2n) is 11.4.